The van der Waals surface area contributed by atoms with E-state index in [1.165, 1.54) is 76.8 Å². The first-order valence-electron chi connectivity index (χ1n) is 8.52. The standard InChI is InChI=1S/C16H32BBr3/c1-3-5-7-9-11-15(18)13-17(20)14-16(19)12-10-8-6-4-2/h15-16H,3-14H2,1-2H3. The molecule has 0 nitrogen and oxygen atoms in total. The summed E-state index contributed by atoms with van der Waals surface area (Å²) in [4.78, 5) is 1.37. The van der Waals surface area contributed by atoms with Gasteiger partial charge in [-0.2, -0.15) is 15.8 Å². The maximum Gasteiger partial charge on any atom is 0.224 e. The molecule has 120 valence electrons. The molecular weight excluding hydrogens is 443 g/mol. The predicted molar refractivity (Wildman–Crippen MR) is 107 cm³/mol. The molecule has 4 heteroatoms. The van der Waals surface area contributed by atoms with Crippen molar-refractivity contribution in [2.24, 2.45) is 0 Å². The molecule has 0 amide bonds. The summed E-state index contributed by atoms with van der Waals surface area (Å²) in [6.45, 7) is 4.55. The number of alkyl halides is 2. The average molecular weight is 475 g/mol. The molecule has 0 aliphatic rings. The molecule has 2 unspecified atom stereocenters. The molecule has 0 rings (SSSR count). The first-order valence-corrected chi connectivity index (χ1v) is 11.3. The van der Waals surface area contributed by atoms with Crippen LogP contribution in [0.2, 0.25) is 12.6 Å². The minimum atomic E-state index is 0.647. The molecule has 0 aliphatic heterocycles. The lowest BCUT2D eigenvalue weighted by atomic mass is 9.67. The minimum absolute atomic E-state index is 0.647. The van der Waals surface area contributed by atoms with E-state index in [1.807, 2.05) is 0 Å². The molecule has 0 aromatic rings. The molecule has 2 atom stereocenters. The maximum absolute atomic E-state index is 3.86. The second-order valence-corrected chi connectivity index (χ2v) is 9.85. The topological polar surface area (TPSA) is 0 Å². The number of unbranched alkanes of at least 4 members (excludes halogenated alkanes) is 6. The van der Waals surface area contributed by atoms with E-state index in [4.69, 9.17) is 0 Å². The molecule has 0 bridgehead atoms. The van der Waals surface area contributed by atoms with Gasteiger partial charge in [-0.1, -0.05) is 110 Å². The molecule has 0 radical (unpaired) electrons. The fourth-order valence-corrected chi connectivity index (χ4v) is 5.93. The third-order valence-electron chi connectivity index (χ3n) is 3.76. The monoisotopic (exact) mass is 472 g/mol. The molecule has 0 N–H and O–H groups in total. The molecule has 0 aliphatic carbocycles. The van der Waals surface area contributed by atoms with Gasteiger partial charge in [0.05, 0.1) is 0 Å². The Morgan fingerprint density at radius 3 is 1.45 bits per heavy atom. The molecule has 0 saturated carbocycles. The van der Waals surface area contributed by atoms with Gasteiger partial charge in [-0.25, -0.2) is 0 Å². The second kappa shape index (κ2) is 15.4. The average Bonchev–Trinajstić information content (AvgIpc) is 2.39. The van der Waals surface area contributed by atoms with Crippen LogP contribution in [0.4, 0.5) is 0 Å². The Labute approximate surface area is 152 Å². The Kier molecular flexibility index (Phi) is 16.6. The van der Waals surface area contributed by atoms with Gasteiger partial charge in [-0.3, -0.25) is 0 Å². The van der Waals surface area contributed by atoms with Crippen molar-refractivity contribution in [2.45, 2.75) is 100 Å². The van der Waals surface area contributed by atoms with Crippen molar-refractivity contribution in [3.05, 3.63) is 0 Å². The zero-order valence-corrected chi connectivity index (χ0v) is 18.1. The van der Waals surface area contributed by atoms with E-state index >= 15 is 0 Å². The van der Waals surface area contributed by atoms with Gasteiger partial charge in [0.25, 0.3) is 0 Å². The number of hydrogen-bond donors (Lipinski definition) is 0. The fraction of sp³-hybridized carbons (Fsp3) is 1.00. The first kappa shape index (κ1) is 21.5. The van der Waals surface area contributed by atoms with Crippen molar-refractivity contribution in [1.82, 2.24) is 0 Å². The normalized spacial score (nSPS) is 14.2. The summed E-state index contributed by atoms with van der Waals surface area (Å²) < 4.78 is 0. The van der Waals surface area contributed by atoms with Gasteiger partial charge in [-0.05, 0) is 12.8 Å². The van der Waals surface area contributed by atoms with Crippen LogP contribution in [0.25, 0.3) is 0 Å². The largest absolute Gasteiger partial charge is 0.224 e. The third kappa shape index (κ3) is 14.4. The Morgan fingerprint density at radius 1 is 0.700 bits per heavy atom. The van der Waals surface area contributed by atoms with E-state index in [1.54, 1.807) is 0 Å². The highest BCUT2D eigenvalue weighted by molar-refractivity contribution is 9.24. The summed E-state index contributed by atoms with van der Waals surface area (Å²) in [5.41, 5.74) is 0.647. The lowest BCUT2D eigenvalue weighted by Gasteiger charge is -2.15. The van der Waals surface area contributed by atoms with Crippen LogP contribution in [-0.4, -0.2) is 15.2 Å². The maximum atomic E-state index is 3.86. The Hall–Kier alpha value is 1.50. The van der Waals surface area contributed by atoms with E-state index in [0.29, 0.717) is 15.2 Å². The van der Waals surface area contributed by atoms with Crippen molar-refractivity contribution < 1.29 is 0 Å². The molecule has 0 saturated heterocycles. The summed E-state index contributed by atoms with van der Waals surface area (Å²) in [6, 6.07) is 0. The zero-order valence-electron chi connectivity index (χ0n) is 13.4. The summed E-state index contributed by atoms with van der Waals surface area (Å²) >= 11 is 11.6. The van der Waals surface area contributed by atoms with E-state index in [0.717, 1.165) is 0 Å². The summed E-state index contributed by atoms with van der Waals surface area (Å²) in [6.07, 6.45) is 16.1. The SMILES string of the molecule is CCCCCCC(Br)CB(Br)CC(Br)CCCCCC. The van der Waals surface area contributed by atoms with Crippen LogP contribution in [0.5, 0.6) is 0 Å². The van der Waals surface area contributed by atoms with Crippen LogP contribution in [0.3, 0.4) is 0 Å². The smallest absolute Gasteiger partial charge is 0.157 e. The van der Waals surface area contributed by atoms with Crippen LogP contribution < -0.4 is 0 Å². The molecule has 0 aromatic heterocycles. The molecule has 0 spiro atoms. The highest BCUT2D eigenvalue weighted by atomic mass is 79.9. The van der Waals surface area contributed by atoms with E-state index in [-0.39, 0.29) is 0 Å². The third-order valence-corrected chi connectivity index (χ3v) is 6.18. The van der Waals surface area contributed by atoms with E-state index in [2.05, 4.69) is 61.5 Å². The number of hydrogen-bond acceptors (Lipinski definition) is 0. The Bertz CT molecular complexity index is 182. The highest BCUT2D eigenvalue weighted by Gasteiger charge is 2.18. The van der Waals surface area contributed by atoms with Crippen LogP contribution >= 0.6 is 47.6 Å². The molecular formula is C16H32BBr3. The van der Waals surface area contributed by atoms with Crippen molar-refractivity contribution in [3.63, 3.8) is 0 Å². The molecule has 20 heavy (non-hydrogen) atoms. The lowest BCUT2D eigenvalue weighted by Crippen LogP contribution is -2.15. The molecule has 0 fully saturated rings. The predicted octanol–water partition coefficient (Wildman–Crippen LogP) is 7.84. The van der Waals surface area contributed by atoms with Gasteiger partial charge in [0.15, 0.2) is 0 Å². The number of rotatable bonds is 14. The van der Waals surface area contributed by atoms with Crippen LogP contribution in [-0.2, 0) is 0 Å². The van der Waals surface area contributed by atoms with Gasteiger partial charge >= 0.3 is 0 Å². The molecule has 0 aromatic carbocycles. The van der Waals surface area contributed by atoms with E-state index < -0.39 is 0 Å². The minimum Gasteiger partial charge on any atom is -0.157 e. The van der Waals surface area contributed by atoms with Crippen molar-refractivity contribution in [1.29, 1.82) is 0 Å². The van der Waals surface area contributed by atoms with Gasteiger partial charge in [0.2, 0.25) is 5.54 Å². The Morgan fingerprint density at radius 2 is 1.10 bits per heavy atom. The highest BCUT2D eigenvalue weighted by Crippen LogP contribution is 2.26. The van der Waals surface area contributed by atoms with Gasteiger partial charge in [0, 0.05) is 9.65 Å². The summed E-state index contributed by atoms with van der Waals surface area (Å²) in [7, 11) is 0. The summed E-state index contributed by atoms with van der Waals surface area (Å²) in [5.74, 6) is 0. The molecule has 0 heterocycles. The first-order chi connectivity index (χ1) is 9.60. The fourth-order valence-electron chi connectivity index (χ4n) is 2.47. The zero-order chi connectivity index (χ0) is 15.2. The van der Waals surface area contributed by atoms with Gasteiger partial charge < -0.3 is 0 Å². The van der Waals surface area contributed by atoms with Crippen LogP contribution in [0.15, 0.2) is 0 Å². The Balaban J connectivity index is 3.56. The second-order valence-electron chi connectivity index (χ2n) is 5.96. The van der Waals surface area contributed by atoms with Crippen molar-refractivity contribution in [3.8, 4) is 0 Å². The quantitative estimate of drug-likeness (QED) is 0.137. The van der Waals surface area contributed by atoms with Crippen LogP contribution in [0, 0.1) is 0 Å². The summed E-state index contributed by atoms with van der Waals surface area (Å²) in [5, 5.41) is 0. The van der Waals surface area contributed by atoms with Crippen molar-refractivity contribution in [2.75, 3.05) is 0 Å². The van der Waals surface area contributed by atoms with Crippen LogP contribution in [0.1, 0.15) is 78.1 Å². The number of halogens is 3. The van der Waals surface area contributed by atoms with Gasteiger partial charge in [0.1, 0.15) is 0 Å². The van der Waals surface area contributed by atoms with E-state index in [9.17, 15) is 0 Å². The van der Waals surface area contributed by atoms with Crippen molar-refractivity contribution >= 4 is 53.2 Å². The lowest BCUT2D eigenvalue weighted by molar-refractivity contribution is 0.628. The van der Waals surface area contributed by atoms with Gasteiger partial charge in [-0.15, -0.1) is 0 Å².